The first-order valence-corrected chi connectivity index (χ1v) is 6.89. The second-order valence-corrected chi connectivity index (χ2v) is 5.33. The van der Waals surface area contributed by atoms with Gasteiger partial charge in [0.15, 0.2) is 10.3 Å². The van der Waals surface area contributed by atoms with Crippen LogP contribution in [0.1, 0.15) is 18.4 Å². The van der Waals surface area contributed by atoms with Gasteiger partial charge < -0.3 is 10.3 Å². The molecule has 2 aromatic heterocycles. The number of hydrogen-bond acceptors (Lipinski definition) is 6. The van der Waals surface area contributed by atoms with Crippen molar-refractivity contribution in [3.63, 3.8) is 0 Å². The molecule has 2 aromatic rings. The first-order valence-electron chi connectivity index (χ1n) is 6.07. The third-order valence-corrected chi connectivity index (χ3v) is 3.48. The van der Waals surface area contributed by atoms with Gasteiger partial charge in [0, 0.05) is 42.8 Å². The summed E-state index contributed by atoms with van der Waals surface area (Å²) in [7, 11) is 0. The van der Waals surface area contributed by atoms with Gasteiger partial charge in [0.2, 0.25) is 0 Å². The highest BCUT2D eigenvalue weighted by Gasteiger charge is 2.19. The quantitative estimate of drug-likeness (QED) is 0.791. The number of rotatable bonds is 5. The van der Waals surface area contributed by atoms with E-state index in [1.54, 1.807) is 12.4 Å². The molecule has 0 unspecified atom stereocenters. The van der Waals surface area contributed by atoms with Crippen LogP contribution in [-0.4, -0.2) is 26.0 Å². The lowest BCUT2D eigenvalue weighted by atomic mass is 10.3. The molecule has 0 spiro atoms. The number of nitrogens with one attached hydrogen (secondary N) is 2. The van der Waals surface area contributed by atoms with E-state index >= 15 is 0 Å². The van der Waals surface area contributed by atoms with Crippen LogP contribution in [0.3, 0.4) is 0 Å². The van der Waals surface area contributed by atoms with Crippen molar-refractivity contribution in [3.8, 4) is 0 Å². The Kier molecular flexibility index (Phi) is 3.56. The molecule has 2 heterocycles. The Balaban J connectivity index is 1.63. The number of H-pyrrole nitrogens is 1. The normalized spacial score (nSPS) is 14.5. The minimum Gasteiger partial charge on any atom is -0.310 e. The molecule has 0 saturated heterocycles. The highest BCUT2D eigenvalue weighted by atomic mass is 32.2. The molecule has 0 aromatic carbocycles. The fourth-order valence-corrected chi connectivity index (χ4v) is 2.18. The van der Waals surface area contributed by atoms with E-state index < -0.39 is 0 Å². The highest BCUT2D eigenvalue weighted by Crippen LogP contribution is 2.20. The molecule has 0 radical (unpaired) electrons. The molecule has 1 saturated carbocycles. The highest BCUT2D eigenvalue weighted by molar-refractivity contribution is 7.99. The van der Waals surface area contributed by atoms with Crippen LogP contribution in [0.5, 0.6) is 0 Å². The van der Waals surface area contributed by atoms with Crippen LogP contribution in [0.4, 0.5) is 0 Å². The zero-order valence-electron chi connectivity index (χ0n) is 10.2. The number of nitrogens with zero attached hydrogens (tertiary/aromatic N) is 3. The zero-order valence-corrected chi connectivity index (χ0v) is 11.0. The van der Waals surface area contributed by atoms with E-state index in [2.05, 4.69) is 25.3 Å². The lowest BCUT2D eigenvalue weighted by molar-refractivity contribution is 0.680. The van der Waals surface area contributed by atoms with Crippen molar-refractivity contribution in [2.24, 2.45) is 0 Å². The summed E-state index contributed by atoms with van der Waals surface area (Å²) in [6.07, 6.45) is 7.59. The van der Waals surface area contributed by atoms with Crippen LogP contribution in [0, 0.1) is 0 Å². The summed E-state index contributed by atoms with van der Waals surface area (Å²) >= 11 is 1.24. The summed E-state index contributed by atoms with van der Waals surface area (Å²) in [6, 6.07) is 2.05. The predicted octanol–water partition coefficient (Wildman–Crippen LogP) is 0.963. The van der Waals surface area contributed by atoms with Crippen LogP contribution in [-0.2, 0) is 6.54 Å². The van der Waals surface area contributed by atoms with Gasteiger partial charge in [-0.05, 0) is 24.6 Å². The molecule has 7 heteroatoms. The van der Waals surface area contributed by atoms with Gasteiger partial charge in [0.1, 0.15) is 0 Å². The predicted molar refractivity (Wildman–Crippen MR) is 70.9 cm³/mol. The van der Waals surface area contributed by atoms with E-state index in [-0.39, 0.29) is 5.56 Å². The smallest absolute Gasteiger partial charge is 0.251 e. The lowest BCUT2D eigenvalue weighted by Gasteiger charge is -2.03. The van der Waals surface area contributed by atoms with Gasteiger partial charge in [-0.2, -0.15) is 0 Å². The van der Waals surface area contributed by atoms with Crippen molar-refractivity contribution in [1.29, 1.82) is 0 Å². The molecule has 1 aliphatic carbocycles. The summed E-state index contributed by atoms with van der Waals surface area (Å²) in [6.45, 7) is 0.802. The third kappa shape index (κ3) is 3.62. The topological polar surface area (TPSA) is 83.6 Å². The van der Waals surface area contributed by atoms with Gasteiger partial charge in [0.05, 0.1) is 0 Å². The molecule has 0 atom stereocenters. The van der Waals surface area contributed by atoms with E-state index in [0.717, 1.165) is 12.1 Å². The first-order chi connectivity index (χ1) is 9.29. The van der Waals surface area contributed by atoms with Crippen LogP contribution >= 0.6 is 11.8 Å². The van der Waals surface area contributed by atoms with Crippen molar-refractivity contribution in [2.75, 3.05) is 0 Å². The second-order valence-electron chi connectivity index (χ2n) is 4.37. The maximum Gasteiger partial charge on any atom is 0.251 e. The van der Waals surface area contributed by atoms with Gasteiger partial charge in [0.25, 0.3) is 5.56 Å². The fraction of sp³-hybridized carbons (Fsp3) is 0.333. The zero-order chi connectivity index (χ0) is 13.1. The summed E-state index contributed by atoms with van der Waals surface area (Å²) in [5.41, 5.74) is 0.883. The lowest BCUT2D eigenvalue weighted by Crippen LogP contribution is -2.15. The average Bonchev–Trinajstić information content (AvgIpc) is 3.22. The summed E-state index contributed by atoms with van der Waals surface area (Å²) in [5, 5.41) is 4.47. The van der Waals surface area contributed by atoms with Crippen molar-refractivity contribution in [3.05, 3.63) is 40.6 Å². The fourth-order valence-electron chi connectivity index (χ4n) is 1.53. The Morgan fingerprint density at radius 2 is 2.11 bits per heavy atom. The molecule has 3 rings (SSSR count). The van der Waals surface area contributed by atoms with Gasteiger partial charge in [-0.1, -0.05) is 0 Å². The summed E-state index contributed by atoms with van der Waals surface area (Å²) in [4.78, 5) is 26.3. The van der Waals surface area contributed by atoms with E-state index in [0.29, 0.717) is 16.4 Å². The first kappa shape index (κ1) is 12.3. The van der Waals surface area contributed by atoms with Gasteiger partial charge in [-0.3, -0.25) is 4.79 Å². The molecule has 0 amide bonds. The summed E-state index contributed by atoms with van der Waals surface area (Å²) in [5.74, 6) is 0. The standard InChI is InChI=1S/C12H13N5OS/c18-10-3-4-13-12(17-10)19-11-15-6-8(7-16-11)5-14-9-1-2-9/h3-4,6-7,9,14H,1-2,5H2,(H,13,17,18). The van der Waals surface area contributed by atoms with Crippen LogP contribution in [0.25, 0.3) is 0 Å². The molecule has 2 N–H and O–H groups in total. The minimum atomic E-state index is -0.178. The van der Waals surface area contributed by atoms with E-state index in [4.69, 9.17) is 0 Å². The Bertz CT molecular complexity index is 608. The molecule has 6 nitrogen and oxygen atoms in total. The van der Waals surface area contributed by atoms with E-state index in [1.807, 2.05) is 0 Å². The van der Waals surface area contributed by atoms with E-state index in [9.17, 15) is 4.79 Å². The average molecular weight is 275 g/mol. The maximum absolute atomic E-state index is 11.1. The molecule has 1 aliphatic rings. The van der Waals surface area contributed by atoms with Crippen molar-refractivity contribution in [1.82, 2.24) is 25.3 Å². The largest absolute Gasteiger partial charge is 0.310 e. The molecule has 0 bridgehead atoms. The number of aromatic amines is 1. The van der Waals surface area contributed by atoms with Gasteiger partial charge in [-0.15, -0.1) is 0 Å². The monoisotopic (exact) mass is 275 g/mol. The van der Waals surface area contributed by atoms with E-state index in [1.165, 1.54) is 36.9 Å². The number of aromatic nitrogens is 4. The Hall–Kier alpha value is -1.73. The third-order valence-electron chi connectivity index (χ3n) is 2.69. The summed E-state index contributed by atoms with van der Waals surface area (Å²) < 4.78 is 0. The molecule has 19 heavy (non-hydrogen) atoms. The Morgan fingerprint density at radius 1 is 1.32 bits per heavy atom. The maximum atomic E-state index is 11.1. The van der Waals surface area contributed by atoms with Crippen molar-refractivity contribution in [2.45, 2.75) is 35.7 Å². The molecule has 1 fully saturated rings. The van der Waals surface area contributed by atoms with Crippen LogP contribution in [0.2, 0.25) is 0 Å². The minimum absolute atomic E-state index is 0.178. The molecule has 0 aliphatic heterocycles. The van der Waals surface area contributed by atoms with Crippen LogP contribution in [0.15, 0.2) is 39.8 Å². The van der Waals surface area contributed by atoms with Crippen LogP contribution < -0.4 is 10.9 Å². The van der Waals surface area contributed by atoms with Gasteiger partial charge in [-0.25, -0.2) is 15.0 Å². The van der Waals surface area contributed by atoms with Crippen molar-refractivity contribution < 1.29 is 0 Å². The molecular formula is C12H13N5OS. The SMILES string of the molecule is O=c1ccnc(Sc2ncc(CNC3CC3)cn2)[nH]1. The number of hydrogen-bond donors (Lipinski definition) is 2. The van der Waals surface area contributed by atoms with Crippen molar-refractivity contribution >= 4 is 11.8 Å². The molecule has 98 valence electrons. The second kappa shape index (κ2) is 5.50. The molecular weight excluding hydrogens is 262 g/mol. The Labute approximate surface area is 114 Å². The van der Waals surface area contributed by atoms with Gasteiger partial charge >= 0.3 is 0 Å². The Morgan fingerprint density at radius 3 is 2.79 bits per heavy atom.